The molecular weight excluding hydrogens is 248 g/mol. The van der Waals surface area contributed by atoms with Crippen LogP contribution in [0.25, 0.3) is 0 Å². The highest BCUT2D eigenvalue weighted by atomic mass is 16.3. The molecule has 0 saturated heterocycles. The highest BCUT2D eigenvalue weighted by Crippen LogP contribution is 1.88. The van der Waals surface area contributed by atoms with Crippen LogP contribution >= 0.6 is 0 Å². The molecule has 0 amide bonds. The fourth-order valence-electron chi connectivity index (χ4n) is 1.65. The Morgan fingerprint density at radius 2 is 0.947 bits per heavy atom. The molecule has 0 rings (SSSR count). The maximum atomic E-state index is 8.57. The van der Waals surface area contributed by atoms with E-state index < -0.39 is 0 Å². The minimum Gasteiger partial charge on any atom is -0.395 e. The van der Waals surface area contributed by atoms with E-state index in [2.05, 4.69) is 6.92 Å². The van der Waals surface area contributed by atoms with Crippen molar-refractivity contribution < 1.29 is 20.4 Å². The van der Waals surface area contributed by atoms with Gasteiger partial charge in [0.05, 0.1) is 26.4 Å². The van der Waals surface area contributed by atoms with Crippen molar-refractivity contribution in [3.8, 4) is 0 Å². The highest BCUT2D eigenvalue weighted by molar-refractivity contribution is 4.54. The van der Waals surface area contributed by atoms with Gasteiger partial charge in [0, 0.05) is 26.2 Å². The van der Waals surface area contributed by atoms with Gasteiger partial charge in [-0.05, 0) is 19.5 Å². The second kappa shape index (κ2) is 17.8. The van der Waals surface area contributed by atoms with Gasteiger partial charge in [-0.2, -0.15) is 0 Å². The highest BCUT2D eigenvalue weighted by Gasteiger charge is 1.99. The number of aliphatic hydroxyl groups is 4. The number of aliphatic hydroxyl groups excluding tert-OH is 4. The van der Waals surface area contributed by atoms with Crippen LogP contribution in [0.5, 0.6) is 0 Å². The van der Waals surface area contributed by atoms with Gasteiger partial charge in [0.2, 0.25) is 0 Å². The third kappa shape index (κ3) is 15.7. The van der Waals surface area contributed by atoms with Crippen molar-refractivity contribution in [2.45, 2.75) is 20.3 Å². The zero-order valence-corrected chi connectivity index (χ0v) is 12.5. The molecule has 0 bridgehead atoms. The Balaban J connectivity index is 0. The van der Waals surface area contributed by atoms with E-state index in [4.69, 9.17) is 20.4 Å². The Bertz CT molecular complexity index is 141. The van der Waals surface area contributed by atoms with Crippen molar-refractivity contribution in [1.82, 2.24) is 9.80 Å². The fourth-order valence-corrected chi connectivity index (χ4v) is 1.65. The van der Waals surface area contributed by atoms with Crippen LogP contribution in [0, 0.1) is 0 Å². The Hall–Kier alpha value is -0.240. The largest absolute Gasteiger partial charge is 0.395 e. The maximum absolute atomic E-state index is 8.57. The second-order valence-corrected chi connectivity index (χ2v) is 4.17. The quantitative estimate of drug-likeness (QED) is 0.387. The Kier molecular flexibility index (Phi) is 19.7. The lowest BCUT2D eigenvalue weighted by atomic mass is 10.4. The molecule has 6 nitrogen and oxygen atoms in total. The predicted molar refractivity (Wildman–Crippen MR) is 77.2 cm³/mol. The summed E-state index contributed by atoms with van der Waals surface area (Å²) < 4.78 is 0. The normalized spacial score (nSPS) is 10.7. The van der Waals surface area contributed by atoms with Crippen LogP contribution < -0.4 is 0 Å². The smallest absolute Gasteiger partial charge is 0.0558 e. The van der Waals surface area contributed by atoms with Crippen molar-refractivity contribution in [1.29, 1.82) is 0 Å². The summed E-state index contributed by atoms with van der Waals surface area (Å²) >= 11 is 0. The van der Waals surface area contributed by atoms with E-state index in [1.165, 1.54) is 0 Å². The standard InChI is InChI=1S/C7H17NO2.C6H15NO2/c1-2-3-8(4-6-9)5-7-10;1-2-7(3-5-8)4-6-9/h9-10H,2-7H2,1H3;8-9H,2-6H2,1H3. The molecule has 0 aromatic rings. The molecule has 0 saturated carbocycles. The molecule has 0 aliphatic heterocycles. The van der Waals surface area contributed by atoms with Gasteiger partial charge in [0.25, 0.3) is 0 Å². The van der Waals surface area contributed by atoms with Gasteiger partial charge in [0.1, 0.15) is 0 Å². The first-order valence-electron chi connectivity index (χ1n) is 7.08. The molecule has 0 radical (unpaired) electrons. The monoisotopic (exact) mass is 280 g/mol. The lowest BCUT2D eigenvalue weighted by Gasteiger charge is -2.18. The van der Waals surface area contributed by atoms with Crippen molar-refractivity contribution in [3.05, 3.63) is 0 Å². The topological polar surface area (TPSA) is 87.4 Å². The van der Waals surface area contributed by atoms with Gasteiger partial charge in [-0.3, -0.25) is 9.80 Å². The summed E-state index contributed by atoms with van der Waals surface area (Å²) in [5, 5.41) is 34.1. The first kappa shape index (κ1) is 21.1. The third-order valence-electron chi connectivity index (χ3n) is 2.65. The first-order chi connectivity index (χ1) is 9.19. The summed E-state index contributed by atoms with van der Waals surface area (Å²) in [5.41, 5.74) is 0. The van der Waals surface area contributed by atoms with E-state index in [9.17, 15) is 0 Å². The van der Waals surface area contributed by atoms with Crippen molar-refractivity contribution in [2.75, 3.05) is 65.7 Å². The van der Waals surface area contributed by atoms with Crippen LogP contribution in [0.4, 0.5) is 0 Å². The van der Waals surface area contributed by atoms with Gasteiger partial charge in [0.15, 0.2) is 0 Å². The number of hydrogen-bond donors (Lipinski definition) is 4. The Labute approximate surface area is 117 Å². The van der Waals surface area contributed by atoms with E-state index in [0.29, 0.717) is 26.2 Å². The molecule has 0 aromatic carbocycles. The average Bonchev–Trinajstić information content (AvgIpc) is 2.40. The lowest BCUT2D eigenvalue weighted by molar-refractivity contribution is 0.161. The van der Waals surface area contributed by atoms with Crippen LogP contribution in [0.2, 0.25) is 0 Å². The summed E-state index contributed by atoms with van der Waals surface area (Å²) in [6.45, 7) is 9.33. The zero-order valence-electron chi connectivity index (χ0n) is 12.5. The minimum absolute atomic E-state index is 0.174. The maximum Gasteiger partial charge on any atom is 0.0558 e. The van der Waals surface area contributed by atoms with Gasteiger partial charge in [-0.25, -0.2) is 0 Å². The average molecular weight is 280 g/mol. The summed E-state index contributed by atoms with van der Waals surface area (Å²) in [5.74, 6) is 0. The van der Waals surface area contributed by atoms with Gasteiger partial charge in [-0.1, -0.05) is 13.8 Å². The lowest BCUT2D eigenvalue weighted by Crippen LogP contribution is -2.30. The van der Waals surface area contributed by atoms with E-state index in [1.807, 2.05) is 16.7 Å². The summed E-state index contributed by atoms with van der Waals surface area (Å²) in [4.78, 5) is 4.03. The summed E-state index contributed by atoms with van der Waals surface area (Å²) in [6, 6.07) is 0. The molecule has 0 aliphatic carbocycles. The van der Waals surface area contributed by atoms with Gasteiger partial charge >= 0.3 is 0 Å². The first-order valence-corrected chi connectivity index (χ1v) is 7.08. The van der Waals surface area contributed by atoms with Crippen LogP contribution in [0.3, 0.4) is 0 Å². The number of rotatable bonds is 11. The van der Waals surface area contributed by atoms with Gasteiger partial charge < -0.3 is 20.4 Å². The molecule has 0 aliphatic rings. The number of hydrogen-bond acceptors (Lipinski definition) is 6. The van der Waals surface area contributed by atoms with E-state index in [-0.39, 0.29) is 26.4 Å². The molecule has 0 unspecified atom stereocenters. The SMILES string of the molecule is CCCN(CCO)CCO.CCN(CCO)CCO. The van der Waals surface area contributed by atoms with E-state index >= 15 is 0 Å². The number of nitrogens with zero attached hydrogens (tertiary/aromatic N) is 2. The summed E-state index contributed by atoms with van der Waals surface area (Å²) in [6.07, 6.45) is 1.07. The molecule has 0 aromatic heterocycles. The predicted octanol–water partition coefficient (Wildman–Crippen LogP) is -1.02. The minimum atomic E-state index is 0.174. The van der Waals surface area contributed by atoms with Gasteiger partial charge in [-0.15, -0.1) is 0 Å². The van der Waals surface area contributed by atoms with Crippen molar-refractivity contribution in [2.24, 2.45) is 0 Å². The molecule has 4 N–H and O–H groups in total. The molecule has 0 spiro atoms. The Morgan fingerprint density at radius 1 is 0.579 bits per heavy atom. The molecule has 0 heterocycles. The van der Waals surface area contributed by atoms with Crippen molar-refractivity contribution >= 4 is 0 Å². The van der Waals surface area contributed by atoms with E-state index in [0.717, 1.165) is 19.5 Å². The molecule has 118 valence electrons. The molecule has 0 atom stereocenters. The zero-order chi connectivity index (χ0) is 14.9. The molecular formula is C13H32N2O4. The van der Waals surface area contributed by atoms with Crippen LogP contribution in [-0.2, 0) is 0 Å². The third-order valence-corrected chi connectivity index (χ3v) is 2.65. The molecule has 19 heavy (non-hydrogen) atoms. The van der Waals surface area contributed by atoms with Crippen molar-refractivity contribution in [3.63, 3.8) is 0 Å². The number of likely N-dealkylation sites (N-methyl/N-ethyl adjacent to an activating group) is 1. The molecule has 6 heteroatoms. The molecule has 0 fully saturated rings. The van der Waals surface area contributed by atoms with E-state index in [1.54, 1.807) is 0 Å². The Morgan fingerprint density at radius 3 is 1.21 bits per heavy atom. The fraction of sp³-hybridized carbons (Fsp3) is 1.00. The van der Waals surface area contributed by atoms with Crippen LogP contribution in [0.1, 0.15) is 20.3 Å². The van der Waals surface area contributed by atoms with Crippen LogP contribution in [0.15, 0.2) is 0 Å². The van der Waals surface area contributed by atoms with Crippen LogP contribution in [-0.4, -0.2) is 95.9 Å². The summed E-state index contributed by atoms with van der Waals surface area (Å²) in [7, 11) is 0. The second-order valence-electron chi connectivity index (χ2n) is 4.17.